The molecule has 0 radical (unpaired) electrons. The van der Waals surface area contributed by atoms with Crippen LogP contribution in [0.2, 0.25) is 0 Å². The minimum absolute atomic E-state index is 0.0305. The van der Waals surface area contributed by atoms with Crippen molar-refractivity contribution in [3.63, 3.8) is 0 Å². The Labute approximate surface area is 149 Å². The van der Waals surface area contributed by atoms with Crippen molar-refractivity contribution in [3.05, 3.63) is 35.4 Å². The highest BCUT2D eigenvalue weighted by atomic mass is 32.2. The number of nitrogens with zero attached hydrogens (tertiary/aromatic N) is 1. The zero-order chi connectivity index (χ0) is 17.4. The van der Waals surface area contributed by atoms with E-state index in [0.717, 1.165) is 32.1 Å². The molecule has 0 bridgehead atoms. The van der Waals surface area contributed by atoms with Crippen LogP contribution in [0.15, 0.2) is 24.3 Å². The zero-order valence-corrected chi connectivity index (χ0v) is 15.3. The summed E-state index contributed by atoms with van der Waals surface area (Å²) in [4.78, 5) is 14.9. The smallest absolute Gasteiger partial charge is 0.234 e. The minimum atomic E-state index is -2.96. The summed E-state index contributed by atoms with van der Waals surface area (Å²) in [5.41, 5.74) is 2.78. The average Bonchev–Trinajstić information content (AvgIpc) is 3.37. The van der Waals surface area contributed by atoms with E-state index in [1.807, 2.05) is 0 Å². The molecule has 5 nitrogen and oxygen atoms in total. The third-order valence-corrected chi connectivity index (χ3v) is 7.45. The van der Waals surface area contributed by atoms with Crippen molar-refractivity contribution in [2.45, 2.75) is 56.7 Å². The fourth-order valence-corrected chi connectivity index (χ4v) is 5.99. The number of fused-ring (bicyclic) bond motifs is 1. The maximum absolute atomic E-state index is 12.6. The summed E-state index contributed by atoms with van der Waals surface area (Å²) in [6, 6.07) is 9.19. The molecular formula is C19H26N2O3S. The molecule has 1 amide bonds. The summed E-state index contributed by atoms with van der Waals surface area (Å²) in [6.45, 7) is 0.375. The van der Waals surface area contributed by atoms with Crippen molar-refractivity contribution >= 4 is 15.7 Å². The maximum Gasteiger partial charge on any atom is 0.234 e. The first kappa shape index (κ1) is 17.0. The molecule has 1 saturated carbocycles. The van der Waals surface area contributed by atoms with Crippen molar-refractivity contribution < 1.29 is 13.2 Å². The first-order valence-electron chi connectivity index (χ1n) is 9.35. The van der Waals surface area contributed by atoms with Gasteiger partial charge in [0.05, 0.1) is 18.1 Å². The maximum atomic E-state index is 12.6. The van der Waals surface area contributed by atoms with Crippen LogP contribution in [0.3, 0.4) is 0 Å². The third kappa shape index (κ3) is 3.90. The molecule has 2 aliphatic carbocycles. The fourth-order valence-electron chi connectivity index (χ4n) is 4.32. The van der Waals surface area contributed by atoms with Gasteiger partial charge in [-0.2, -0.15) is 0 Å². The van der Waals surface area contributed by atoms with Gasteiger partial charge < -0.3 is 5.32 Å². The van der Waals surface area contributed by atoms with Crippen LogP contribution in [0.1, 0.15) is 49.3 Å². The van der Waals surface area contributed by atoms with Gasteiger partial charge in [-0.1, -0.05) is 24.3 Å². The molecule has 1 aromatic rings. The van der Waals surface area contributed by atoms with Crippen molar-refractivity contribution in [1.82, 2.24) is 10.2 Å². The Morgan fingerprint density at radius 1 is 1.16 bits per heavy atom. The van der Waals surface area contributed by atoms with Gasteiger partial charge >= 0.3 is 0 Å². The van der Waals surface area contributed by atoms with E-state index in [4.69, 9.17) is 0 Å². The van der Waals surface area contributed by atoms with E-state index in [0.29, 0.717) is 25.0 Å². The highest BCUT2D eigenvalue weighted by Gasteiger charge is 2.38. The normalized spacial score (nSPS) is 27.9. The molecule has 25 heavy (non-hydrogen) atoms. The molecule has 1 N–H and O–H groups in total. The molecule has 1 saturated heterocycles. The highest BCUT2D eigenvalue weighted by Crippen LogP contribution is 2.40. The summed E-state index contributed by atoms with van der Waals surface area (Å²) >= 11 is 0. The second-order valence-corrected chi connectivity index (χ2v) is 9.91. The molecule has 1 aromatic carbocycles. The largest absolute Gasteiger partial charge is 0.351 e. The lowest BCUT2D eigenvalue weighted by molar-refractivity contribution is -0.123. The number of carbonyl (C=O) groups is 1. The minimum Gasteiger partial charge on any atom is -0.351 e. The van der Waals surface area contributed by atoms with E-state index in [2.05, 4.69) is 34.5 Å². The van der Waals surface area contributed by atoms with Crippen molar-refractivity contribution in [1.29, 1.82) is 0 Å². The van der Waals surface area contributed by atoms with Gasteiger partial charge in [-0.25, -0.2) is 8.42 Å². The van der Waals surface area contributed by atoms with Gasteiger partial charge in [0.25, 0.3) is 0 Å². The number of amides is 1. The average molecular weight is 362 g/mol. The fraction of sp³-hybridized carbons (Fsp3) is 0.632. The highest BCUT2D eigenvalue weighted by molar-refractivity contribution is 7.91. The van der Waals surface area contributed by atoms with E-state index in [-0.39, 0.29) is 23.5 Å². The first-order chi connectivity index (χ1) is 12.0. The molecule has 0 spiro atoms. The van der Waals surface area contributed by atoms with Crippen molar-refractivity contribution in [3.8, 4) is 0 Å². The van der Waals surface area contributed by atoms with Gasteiger partial charge in [0, 0.05) is 18.1 Å². The van der Waals surface area contributed by atoms with Crippen LogP contribution >= 0.6 is 0 Å². The monoisotopic (exact) mass is 362 g/mol. The van der Waals surface area contributed by atoms with Gasteiger partial charge in [-0.05, 0) is 49.7 Å². The summed E-state index contributed by atoms with van der Waals surface area (Å²) in [6.07, 6.45) is 6.24. The van der Waals surface area contributed by atoms with Crippen molar-refractivity contribution in [2.75, 3.05) is 18.1 Å². The standard InChI is InChI=1S/C19H26N2O3S/c22-19(20-15-10-11-25(23,24)13-15)12-21(16-8-9-16)18-7-3-5-14-4-1-2-6-17(14)18/h1-2,4,6,15-16,18H,3,5,7-13H2,(H,20,22). The van der Waals surface area contributed by atoms with Crippen LogP contribution in [-0.2, 0) is 21.1 Å². The number of nitrogens with one attached hydrogen (secondary N) is 1. The molecular weight excluding hydrogens is 336 g/mol. The van der Waals surface area contributed by atoms with Crippen LogP contribution in [0.4, 0.5) is 0 Å². The predicted molar refractivity (Wildman–Crippen MR) is 97.1 cm³/mol. The molecule has 1 aliphatic heterocycles. The van der Waals surface area contributed by atoms with E-state index >= 15 is 0 Å². The van der Waals surface area contributed by atoms with E-state index in [1.54, 1.807) is 0 Å². The molecule has 136 valence electrons. The van der Waals surface area contributed by atoms with E-state index < -0.39 is 9.84 Å². The van der Waals surface area contributed by atoms with Crippen LogP contribution in [0.5, 0.6) is 0 Å². The number of rotatable bonds is 5. The summed E-state index contributed by atoms with van der Waals surface area (Å²) in [5.74, 6) is 0.256. The van der Waals surface area contributed by atoms with Crippen LogP contribution in [-0.4, -0.2) is 49.4 Å². The first-order valence-corrected chi connectivity index (χ1v) is 11.2. The Kier molecular flexibility index (Phi) is 4.58. The van der Waals surface area contributed by atoms with Gasteiger partial charge in [-0.15, -0.1) is 0 Å². The summed E-state index contributed by atoms with van der Waals surface area (Å²) < 4.78 is 23.2. The van der Waals surface area contributed by atoms with Gasteiger partial charge in [0.1, 0.15) is 0 Å². The second-order valence-electron chi connectivity index (χ2n) is 7.68. The Balaban J connectivity index is 1.45. The number of carbonyl (C=O) groups excluding carboxylic acids is 1. The molecule has 2 atom stereocenters. The Morgan fingerprint density at radius 2 is 1.96 bits per heavy atom. The molecule has 3 aliphatic rings. The lowest BCUT2D eigenvalue weighted by Gasteiger charge is -2.36. The number of hydrogen-bond donors (Lipinski definition) is 1. The van der Waals surface area contributed by atoms with Gasteiger partial charge in [0.15, 0.2) is 9.84 Å². The Morgan fingerprint density at radius 3 is 2.68 bits per heavy atom. The summed E-state index contributed by atoms with van der Waals surface area (Å²) in [5, 5.41) is 2.95. The lowest BCUT2D eigenvalue weighted by Crippen LogP contribution is -2.45. The van der Waals surface area contributed by atoms with Crippen molar-refractivity contribution in [2.24, 2.45) is 0 Å². The topological polar surface area (TPSA) is 66.5 Å². The van der Waals surface area contributed by atoms with E-state index in [9.17, 15) is 13.2 Å². The molecule has 1 heterocycles. The number of benzene rings is 1. The SMILES string of the molecule is O=C(CN(C1CC1)C1CCCc2ccccc21)NC1CCS(=O)(=O)C1. The number of aryl methyl sites for hydroxylation is 1. The predicted octanol–water partition coefficient (Wildman–Crippen LogP) is 1.83. The number of hydrogen-bond acceptors (Lipinski definition) is 4. The molecule has 2 unspecified atom stereocenters. The molecule has 4 rings (SSSR count). The zero-order valence-electron chi connectivity index (χ0n) is 14.5. The van der Waals surface area contributed by atoms with Crippen LogP contribution < -0.4 is 5.32 Å². The molecule has 2 fully saturated rings. The molecule has 6 heteroatoms. The second kappa shape index (κ2) is 6.72. The third-order valence-electron chi connectivity index (χ3n) is 5.68. The Hall–Kier alpha value is -1.40. The molecule has 0 aromatic heterocycles. The lowest BCUT2D eigenvalue weighted by atomic mass is 9.86. The number of sulfone groups is 1. The van der Waals surface area contributed by atoms with Gasteiger partial charge in [0.2, 0.25) is 5.91 Å². The van der Waals surface area contributed by atoms with E-state index in [1.165, 1.54) is 11.1 Å². The van der Waals surface area contributed by atoms with Crippen LogP contribution in [0.25, 0.3) is 0 Å². The summed E-state index contributed by atoms with van der Waals surface area (Å²) in [7, 11) is -2.96. The van der Waals surface area contributed by atoms with Gasteiger partial charge in [-0.3, -0.25) is 9.69 Å². The Bertz CT molecular complexity index is 758. The van der Waals surface area contributed by atoms with Crippen LogP contribution in [0, 0.1) is 0 Å². The quantitative estimate of drug-likeness (QED) is 0.868.